The van der Waals surface area contributed by atoms with Gasteiger partial charge >= 0.3 is 0 Å². The molecular formula is C19H19Cl2N3O2S. The summed E-state index contributed by atoms with van der Waals surface area (Å²) < 4.78 is 28.0. The Hall–Kier alpha value is -1.73. The number of anilines is 1. The molecule has 5 nitrogen and oxygen atoms in total. The van der Waals surface area contributed by atoms with Gasteiger partial charge in [0.25, 0.3) is 10.0 Å². The summed E-state index contributed by atoms with van der Waals surface area (Å²) in [6.07, 6.45) is 5.28. The third-order valence-corrected chi connectivity index (χ3v) is 6.97. The monoisotopic (exact) mass is 423 g/mol. The Morgan fingerprint density at radius 3 is 2.70 bits per heavy atom. The molecule has 0 amide bonds. The maximum atomic E-state index is 12.7. The Morgan fingerprint density at radius 1 is 1.11 bits per heavy atom. The van der Waals surface area contributed by atoms with Gasteiger partial charge in [-0.25, -0.2) is 8.42 Å². The fourth-order valence-electron chi connectivity index (χ4n) is 3.47. The highest BCUT2D eigenvalue weighted by Crippen LogP contribution is 2.28. The molecule has 1 aliphatic rings. The van der Waals surface area contributed by atoms with E-state index >= 15 is 0 Å². The summed E-state index contributed by atoms with van der Waals surface area (Å²) in [7, 11) is -3.76. The molecule has 0 saturated carbocycles. The van der Waals surface area contributed by atoms with Crippen LogP contribution in [-0.4, -0.2) is 26.0 Å². The van der Waals surface area contributed by atoms with E-state index < -0.39 is 10.0 Å². The van der Waals surface area contributed by atoms with Gasteiger partial charge in [-0.15, -0.1) is 0 Å². The van der Waals surface area contributed by atoms with Gasteiger partial charge in [-0.3, -0.25) is 4.72 Å². The predicted molar refractivity (Wildman–Crippen MR) is 110 cm³/mol. The topological polar surface area (TPSA) is 74.0 Å². The van der Waals surface area contributed by atoms with Crippen LogP contribution in [0.25, 0.3) is 10.9 Å². The lowest BCUT2D eigenvalue weighted by molar-refractivity contribution is 0.601. The third kappa shape index (κ3) is 3.94. The number of H-pyrrole nitrogens is 1. The highest BCUT2D eigenvalue weighted by atomic mass is 35.5. The van der Waals surface area contributed by atoms with Crippen LogP contribution < -0.4 is 10.0 Å². The second-order valence-corrected chi connectivity index (χ2v) is 9.25. The number of sulfonamides is 1. The lowest BCUT2D eigenvalue weighted by atomic mass is 10.0. The van der Waals surface area contributed by atoms with E-state index in [1.54, 1.807) is 6.07 Å². The minimum Gasteiger partial charge on any atom is -0.361 e. The molecule has 0 spiro atoms. The number of aromatic amines is 1. The number of aromatic nitrogens is 1. The van der Waals surface area contributed by atoms with Gasteiger partial charge in [0.2, 0.25) is 0 Å². The number of halogens is 2. The van der Waals surface area contributed by atoms with Crippen LogP contribution >= 0.6 is 23.2 Å². The number of benzene rings is 2. The van der Waals surface area contributed by atoms with Gasteiger partial charge < -0.3 is 10.3 Å². The van der Waals surface area contributed by atoms with Crippen LogP contribution in [0.4, 0.5) is 5.69 Å². The van der Waals surface area contributed by atoms with Gasteiger partial charge in [-0.2, -0.15) is 0 Å². The zero-order chi connectivity index (χ0) is 19.0. The molecule has 0 aliphatic carbocycles. The first-order valence-electron chi connectivity index (χ1n) is 8.74. The van der Waals surface area contributed by atoms with E-state index in [4.69, 9.17) is 23.2 Å². The molecule has 0 unspecified atom stereocenters. The first-order valence-corrected chi connectivity index (χ1v) is 11.0. The van der Waals surface area contributed by atoms with Crippen LogP contribution in [0.2, 0.25) is 10.0 Å². The van der Waals surface area contributed by atoms with Crippen LogP contribution in [-0.2, 0) is 16.4 Å². The SMILES string of the molecule is O=S(=O)(Nc1ccc2[nH]cc(C[C@H]3CCCN3)c2c1)c1ccc(Cl)c(Cl)c1. The molecule has 2 aromatic carbocycles. The molecule has 1 fully saturated rings. The first kappa shape index (κ1) is 18.6. The minimum absolute atomic E-state index is 0.0708. The Bertz CT molecular complexity index is 1090. The average molecular weight is 424 g/mol. The normalized spacial score (nSPS) is 17.5. The van der Waals surface area contributed by atoms with Crippen molar-refractivity contribution in [2.45, 2.75) is 30.2 Å². The molecule has 27 heavy (non-hydrogen) atoms. The van der Waals surface area contributed by atoms with E-state index in [1.165, 1.54) is 30.2 Å². The Labute approximate surface area is 168 Å². The van der Waals surface area contributed by atoms with Gasteiger partial charge in [0.15, 0.2) is 0 Å². The zero-order valence-electron chi connectivity index (χ0n) is 14.4. The van der Waals surface area contributed by atoms with Gasteiger partial charge in [-0.05, 0) is 67.8 Å². The quantitative estimate of drug-likeness (QED) is 0.562. The van der Waals surface area contributed by atoms with Crippen molar-refractivity contribution in [2.75, 3.05) is 11.3 Å². The summed E-state index contributed by atoms with van der Waals surface area (Å²) in [5, 5.41) is 5.04. The molecular weight excluding hydrogens is 405 g/mol. The number of hydrogen-bond donors (Lipinski definition) is 3. The molecule has 4 rings (SSSR count). The number of nitrogens with one attached hydrogen (secondary N) is 3. The van der Waals surface area contributed by atoms with Crippen molar-refractivity contribution in [3.8, 4) is 0 Å². The minimum atomic E-state index is -3.76. The van der Waals surface area contributed by atoms with Crippen molar-refractivity contribution in [2.24, 2.45) is 0 Å². The van der Waals surface area contributed by atoms with Crippen molar-refractivity contribution < 1.29 is 8.42 Å². The second-order valence-electron chi connectivity index (χ2n) is 6.75. The summed E-state index contributed by atoms with van der Waals surface area (Å²) in [5.41, 5.74) is 2.68. The van der Waals surface area contributed by atoms with E-state index in [1.807, 2.05) is 18.3 Å². The average Bonchev–Trinajstić information content (AvgIpc) is 3.27. The van der Waals surface area contributed by atoms with Gasteiger partial charge in [0, 0.05) is 28.8 Å². The van der Waals surface area contributed by atoms with Crippen molar-refractivity contribution in [3.63, 3.8) is 0 Å². The maximum absolute atomic E-state index is 12.7. The lowest BCUT2D eigenvalue weighted by Crippen LogP contribution is -2.23. The Kier molecular flexibility index (Phi) is 5.07. The summed E-state index contributed by atoms with van der Waals surface area (Å²) in [4.78, 5) is 3.33. The van der Waals surface area contributed by atoms with E-state index in [2.05, 4.69) is 15.0 Å². The molecule has 8 heteroatoms. The van der Waals surface area contributed by atoms with Gasteiger partial charge in [0.1, 0.15) is 0 Å². The van der Waals surface area contributed by atoms with E-state index in [0.717, 1.165) is 30.3 Å². The maximum Gasteiger partial charge on any atom is 0.261 e. The fraction of sp³-hybridized carbons (Fsp3) is 0.263. The molecule has 142 valence electrons. The van der Waals surface area contributed by atoms with E-state index in [9.17, 15) is 8.42 Å². The lowest BCUT2D eigenvalue weighted by Gasteiger charge is -2.11. The summed E-state index contributed by atoms with van der Waals surface area (Å²) in [6.45, 7) is 1.06. The standard InChI is InChI=1S/C19H19Cl2N3O2S/c20-17-5-4-15(10-18(17)21)27(25,26)24-14-3-6-19-16(9-14)12(11-23-19)8-13-2-1-7-22-13/h3-6,9-11,13,22-24H,1-2,7-8H2/t13-/m1/s1. The molecule has 1 aromatic heterocycles. The first-order chi connectivity index (χ1) is 12.9. The molecule has 1 saturated heterocycles. The highest BCUT2D eigenvalue weighted by Gasteiger charge is 2.18. The number of hydrogen-bond acceptors (Lipinski definition) is 3. The molecule has 3 aromatic rings. The van der Waals surface area contributed by atoms with Crippen LogP contribution in [0.3, 0.4) is 0 Å². The third-order valence-electron chi connectivity index (χ3n) is 4.85. The van der Waals surface area contributed by atoms with E-state index in [0.29, 0.717) is 16.8 Å². The molecule has 0 radical (unpaired) electrons. The Balaban J connectivity index is 1.62. The van der Waals surface area contributed by atoms with E-state index in [-0.39, 0.29) is 9.92 Å². The zero-order valence-corrected chi connectivity index (χ0v) is 16.8. The van der Waals surface area contributed by atoms with Crippen LogP contribution in [0.15, 0.2) is 47.5 Å². The molecule has 1 aliphatic heterocycles. The van der Waals surface area contributed by atoms with Crippen molar-refractivity contribution in [1.29, 1.82) is 0 Å². The van der Waals surface area contributed by atoms with Crippen molar-refractivity contribution in [1.82, 2.24) is 10.3 Å². The predicted octanol–water partition coefficient (Wildman–Crippen LogP) is 4.57. The summed E-state index contributed by atoms with van der Waals surface area (Å²) in [5.74, 6) is 0. The number of rotatable bonds is 5. The molecule has 3 N–H and O–H groups in total. The fourth-order valence-corrected chi connectivity index (χ4v) is 4.90. The smallest absolute Gasteiger partial charge is 0.261 e. The number of fused-ring (bicyclic) bond motifs is 1. The van der Waals surface area contributed by atoms with Crippen LogP contribution in [0, 0.1) is 0 Å². The molecule has 2 heterocycles. The van der Waals surface area contributed by atoms with Crippen molar-refractivity contribution >= 4 is 49.8 Å². The Morgan fingerprint density at radius 2 is 1.96 bits per heavy atom. The van der Waals surface area contributed by atoms with Crippen LogP contribution in [0.5, 0.6) is 0 Å². The van der Waals surface area contributed by atoms with Crippen LogP contribution in [0.1, 0.15) is 18.4 Å². The highest BCUT2D eigenvalue weighted by molar-refractivity contribution is 7.92. The summed E-state index contributed by atoms with van der Waals surface area (Å²) in [6, 6.07) is 10.2. The van der Waals surface area contributed by atoms with Gasteiger partial charge in [0.05, 0.1) is 14.9 Å². The molecule has 1 atom stereocenters. The van der Waals surface area contributed by atoms with Crippen molar-refractivity contribution in [3.05, 3.63) is 58.2 Å². The summed E-state index contributed by atoms with van der Waals surface area (Å²) >= 11 is 11.8. The van der Waals surface area contributed by atoms with Gasteiger partial charge in [-0.1, -0.05) is 23.2 Å². The largest absolute Gasteiger partial charge is 0.361 e. The molecule has 0 bridgehead atoms. The second kappa shape index (κ2) is 7.36.